The summed E-state index contributed by atoms with van der Waals surface area (Å²) in [7, 11) is 0. The number of benzene rings is 1. The molecule has 1 rings (SSSR count). The molecule has 0 aromatic heterocycles. The molecular formula is C9H9IO2. The predicted octanol–water partition coefficient (Wildman–Crippen LogP) is 2.50. The van der Waals surface area contributed by atoms with Gasteiger partial charge in [0.15, 0.2) is 0 Å². The number of carbonyl (C=O) groups is 1. The van der Waals surface area contributed by atoms with Gasteiger partial charge < -0.3 is 4.74 Å². The van der Waals surface area contributed by atoms with E-state index in [-0.39, 0.29) is 0 Å². The monoisotopic (exact) mass is 276 g/mol. The van der Waals surface area contributed by atoms with Crippen molar-refractivity contribution in [2.45, 2.75) is 6.92 Å². The lowest BCUT2D eigenvalue weighted by Gasteiger charge is -2.04. The standard InChI is InChI=1S/C9H9IO2/c1-2-12-9-4-3-7(6-11)5-8(9)10/h3-6H,2H2,1H3. The number of hydrogen-bond acceptors (Lipinski definition) is 2. The second-order valence-corrected chi connectivity index (χ2v) is 3.40. The van der Waals surface area contributed by atoms with Crippen molar-refractivity contribution in [2.24, 2.45) is 0 Å². The normalized spacial score (nSPS) is 9.50. The molecule has 1 aromatic carbocycles. The van der Waals surface area contributed by atoms with E-state index in [0.717, 1.165) is 15.6 Å². The lowest BCUT2D eigenvalue weighted by atomic mass is 10.2. The summed E-state index contributed by atoms with van der Waals surface area (Å²) in [6, 6.07) is 5.37. The van der Waals surface area contributed by atoms with E-state index in [0.29, 0.717) is 12.2 Å². The first-order chi connectivity index (χ1) is 5.77. The van der Waals surface area contributed by atoms with Gasteiger partial charge in [0.2, 0.25) is 0 Å². The molecule has 0 bridgehead atoms. The molecule has 0 atom stereocenters. The maximum atomic E-state index is 10.4. The van der Waals surface area contributed by atoms with Gasteiger partial charge in [-0.1, -0.05) is 0 Å². The predicted molar refractivity (Wildman–Crippen MR) is 55.7 cm³/mol. The molecular weight excluding hydrogens is 267 g/mol. The van der Waals surface area contributed by atoms with Gasteiger partial charge in [0.05, 0.1) is 10.2 Å². The van der Waals surface area contributed by atoms with E-state index in [1.54, 1.807) is 12.1 Å². The fourth-order valence-corrected chi connectivity index (χ4v) is 1.56. The van der Waals surface area contributed by atoms with Gasteiger partial charge in [-0.3, -0.25) is 4.79 Å². The zero-order valence-electron chi connectivity index (χ0n) is 6.71. The van der Waals surface area contributed by atoms with E-state index in [1.165, 1.54) is 0 Å². The van der Waals surface area contributed by atoms with Gasteiger partial charge in [-0.15, -0.1) is 0 Å². The van der Waals surface area contributed by atoms with Crippen LogP contribution < -0.4 is 4.74 Å². The molecule has 0 unspecified atom stereocenters. The van der Waals surface area contributed by atoms with Crippen LogP contribution in [0.15, 0.2) is 18.2 Å². The summed E-state index contributed by atoms with van der Waals surface area (Å²) in [5, 5.41) is 0. The number of carbonyl (C=O) groups excluding carboxylic acids is 1. The lowest BCUT2D eigenvalue weighted by molar-refractivity contribution is 0.112. The average molecular weight is 276 g/mol. The van der Waals surface area contributed by atoms with Gasteiger partial charge in [-0.25, -0.2) is 0 Å². The van der Waals surface area contributed by atoms with Crippen LogP contribution in [0.5, 0.6) is 5.75 Å². The van der Waals surface area contributed by atoms with Crippen molar-refractivity contribution in [3.63, 3.8) is 0 Å². The fraction of sp³-hybridized carbons (Fsp3) is 0.222. The Labute approximate surface area is 85.1 Å². The van der Waals surface area contributed by atoms with Gasteiger partial charge >= 0.3 is 0 Å². The highest BCUT2D eigenvalue weighted by atomic mass is 127. The van der Waals surface area contributed by atoms with Crippen molar-refractivity contribution in [1.29, 1.82) is 0 Å². The van der Waals surface area contributed by atoms with Crippen molar-refractivity contribution in [2.75, 3.05) is 6.61 Å². The Morgan fingerprint density at radius 3 is 2.83 bits per heavy atom. The highest BCUT2D eigenvalue weighted by molar-refractivity contribution is 14.1. The molecule has 0 aliphatic carbocycles. The Bertz CT molecular complexity index is 284. The highest BCUT2D eigenvalue weighted by Gasteiger charge is 2.00. The smallest absolute Gasteiger partial charge is 0.150 e. The van der Waals surface area contributed by atoms with E-state index in [4.69, 9.17) is 4.74 Å². The van der Waals surface area contributed by atoms with E-state index in [1.807, 2.05) is 13.0 Å². The van der Waals surface area contributed by atoms with E-state index in [9.17, 15) is 4.79 Å². The van der Waals surface area contributed by atoms with Crippen LogP contribution in [0.4, 0.5) is 0 Å². The molecule has 0 spiro atoms. The number of rotatable bonds is 3. The number of hydrogen-bond donors (Lipinski definition) is 0. The molecule has 0 aliphatic heterocycles. The second kappa shape index (κ2) is 4.45. The highest BCUT2D eigenvalue weighted by Crippen LogP contribution is 2.21. The van der Waals surface area contributed by atoms with Crippen molar-refractivity contribution < 1.29 is 9.53 Å². The molecule has 0 saturated carbocycles. The first kappa shape index (κ1) is 9.51. The third-order valence-electron chi connectivity index (χ3n) is 1.39. The molecule has 3 heteroatoms. The summed E-state index contributed by atoms with van der Waals surface area (Å²) < 4.78 is 6.28. The minimum atomic E-state index is 0.649. The van der Waals surface area contributed by atoms with Gasteiger partial charge in [0.1, 0.15) is 12.0 Å². The Hall–Kier alpha value is -0.580. The van der Waals surface area contributed by atoms with Crippen molar-refractivity contribution >= 4 is 28.9 Å². The minimum Gasteiger partial charge on any atom is -0.493 e. The summed E-state index contributed by atoms with van der Waals surface area (Å²) in [4.78, 5) is 10.4. The maximum absolute atomic E-state index is 10.4. The Morgan fingerprint density at radius 1 is 1.58 bits per heavy atom. The van der Waals surface area contributed by atoms with Crippen LogP contribution >= 0.6 is 22.6 Å². The summed E-state index contributed by atoms with van der Waals surface area (Å²) in [6.07, 6.45) is 0.831. The zero-order valence-corrected chi connectivity index (χ0v) is 8.87. The summed E-state index contributed by atoms with van der Waals surface area (Å²) in [5.74, 6) is 0.837. The maximum Gasteiger partial charge on any atom is 0.150 e. The fourth-order valence-electron chi connectivity index (χ4n) is 0.863. The van der Waals surface area contributed by atoms with Crippen LogP contribution in [-0.2, 0) is 0 Å². The van der Waals surface area contributed by atoms with Crippen LogP contribution in [0.2, 0.25) is 0 Å². The summed E-state index contributed by atoms with van der Waals surface area (Å²) >= 11 is 2.15. The van der Waals surface area contributed by atoms with E-state index >= 15 is 0 Å². The molecule has 12 heavy (non-hydrogen) atoms. The van der Waals surface area contributed by atoms with Crippen LogP contribution in [0, 0.1) is 3.57 Å². The third-order valence-corrected chi connectivity index (χ3v) is 2.23. The Kier molecular flexibility index (Phi) is 3.52. The number of aldehydes is 1. The molecule has 64 valence electrons. The third kappa shape index (κ3) is 2.20. The Balaban J connectivity index is 2.94. The van der Waals surface area contributed by atoms with Crippen LogP contribution in [-0.4, -0.2) is 12.9 Å². The largest absolute Gasteiger partial charge is 0.493 e. The van der Waals surface area contributed by atoms with Crippen molar-refractivity contribution in [3.05, 3.63) is 27.3 Å². The molecule has 0 N–H and O–H groups in total. The molecule has 1 aromatic rings. The van der Waals surface area contributed by atoms with E-state index < -0.39 is 0 Å². The van der Waals surface area contributed by atoms with Gasteiger partial charge in [0.25, 0.3) is 0 Å². The SMILES string of the molecule is CCOc1ccc(C=O)cc1I. The Morgan fingerprint density at radius 2 is 2.33 bits per heavy atom. The molecule has 0 heterocycles. The lowest BCUT2D eigenvalue weighted by Crippen LogP contribution is -1.94. The van der Waals surface area contributed by atoms with E-state index in [2.05, 4.69) is 22.6 Å². The summed E-state index contributed by atoms with van der Waals surface area (Å²) in [5.41, 5.74) is 0.683. The van der Waals surface area contributed by atoms with Gasteiger partial charge in [-0.2, -0.15) is 0 Å². The molecule has 0 amide bonds. The minimum absolute atomic E-state index is 0.649. The second-order valence-electron chi connectivity index (χ2n) is 2.24. The van der Waals surface area contributed by atoms with Crippen molar-refractivity contribution in [3.8, 4) is 5.75 Å². The van der Waals surface area contributed by atoms with Gasteiger partial charge in [0, 0.05) is 5.56 Å². The molecule has 2 nitrogen and oxygen atoms in total. The number of ether oxygens (including phenoxy) is 1. The topological polar surface area (TPSA) is 26.3 Å². The molecule has 0 radical (unpaired) electrons. The average Bonchev–Trinajstić information content (AvgIpc) is 2.09. The van der Waals surface area contributed by atoms with Crippen LogP contribution in [0.3, 0.4) is 0 Å². The van der Waals surface area contributed by atoms with Crippen LogP contribution in [0.1, 0.15) is 17.3 Å². The molecule has 0 fully saturated rings. The first-order valence-electron chi connectivity index (χ1n) is 3.65. The van der Waals surface area contributed by atoms with Gasteiger partial charge in [-0.05, 0) is 47.7 Å². The van der Waals surface area contributed by atoms with Crippen molar-refractivity contribution in [1.82, 2.24) is 0 Å². The van der Waals surface area contributed by atoms with Crippen LogP contribution in [0.25, 0.3) is 0 Å². The quantitative estimate of drug-likeness (QED) is 0.626. The summed E-state index contributed by atoms with van der Waals surface area (Å²) in [6.45, 7) is 2.58. The first-order valence-corrected chi connectivity index (χ1v) is 4.73. The number of halogens is 1. The zero-order chi connectivity index (χ0) is 8.97. The molecule has 0 saturated heterocycles. The molecule has 0 aliphatic rings.